The number of sulfone groups is 1. The topological polar surface area (TPSA) is 102 Å². The van der Waals surface area contributed by atoms with Crippen LogP contribution < -0.4 is 5.32 Å². The predicted octanol–water partition coefficient (Wildman–Crippen LogP) is 1.86. The monoisotopic (exact) mass is 354 g/mol. The average Bonchev–Trinajstić information content (AvgIpc) is 2.90. The van der Waals surface area contributed by atoms with E-state index in [-0.39, 0.29) is 23.0 Å². The van der Waals surface area contributed by atoms with Gasteiger partial charge in [0.05, 0.1) is 16.2 Å². The van der Waals surface area contributed by atoms with E-state index in [1.807, 2.05) is 0 Å². The number of ether oxygens (including phenoxy) is 1. The number of aromatic nitrogens is 1. The third kappa shape index (κ3) is 4.60. The van der Waals surface area contributed by atoms with E-state index in [9.17, 15) is 18.0 Å². The molecule has 1 N–H and O–H groups in total. The van der Waals surface area contributed by atoms with Gasteiger partial charge in [-0.1, -0.05) is 12.1 Å². The number of hydrogen-bond donors (Lipinski definition) is 1. The van der Waals surface area contributed by atoms with Crippen molar-refractivity contribution in [2.75, 3.05) is 11.6 Å². The molecule has 0 radical (unpaired) electrons. The molecule has 0 aliphatic rings. The molecule has 1 aromatic carbocycles. The van der Waals surface area contributed by atoms with Gasteiger partial charge in [-0.3, -0.25) is 4.79 Å². The van der Waals surface area contributed by atoms with Crippen LogP contribution in [0.4, 0.5) is 5.13 Å². The second-order valence-electron chi connectivity index (χ2n) is 4.67. The normalized spacial score (nSPS) is 11.0. The van der Waals surface area contributed by atoms with Crippen LogP contribution in [0, 0.1) is 0 Å². The molecule has 1 amide bonds. The summed E-state index contributed by atoms with van der Waals surface area (Å²) in [7, 11) is -3.53. The summed E-state index contributed by atoms with van der Waals surface area (Å²) in [5.74, 6) is -0.995. The first kappa shape index (κ1) is 17.1. The summed E-state index contributed by atoms with van der Waals surface area (Å²) in [6.07, 6.45) is 1.03. The van der Waals surface area contributed by atoms with Gasteiger partial charge in [-0.25, -0.2) is 18.2 Å². The van der Waals surface area contributed by atoms with Crippen LogP contribution in [0.15, 0.2) is 34.5 Å². The summed E-state index contributed by atoms with van der Waals surface area (Å²) in [5, 5.41) is 4.56. The maximum absolute atomic E-state index is 12.1. The van der Waals surface area contributed by atoms with Crippen molar-refractivity contribution in [3.63, 3.8) is 0 Å². The average molecular weight is 354 g/mol. The Labute approximate surface area is 137 Å². The quantitative estimate of drug-likeness (QED) is 0.822. The molecule has 2 aromatic rings. The number of carbonyl (C=O) groups excluding carboxylic acids is 2. The van der Waals surface area contributed by atoms with Gasteiger partial charge in [0.15, 0.2) is 15.0 Å². The molecule has 1 aromatic heterocycles. The minimum atomic E-state index is -3.53. The summed E-state index contributed by atoms with van der Waals surface area (Å²) in [5.41, 5.74) is 0.441. The van der Waals surface area contributed by atoms with Crippen LogP contribution in [-0.4, -0.2) is 31.5 Å². The van der Waals surface area contributed by atoms with Crippen molar-refractivity contribution in [1.29, 1.82) is 0 Å². The molecule has 0 unspecified atom stereocenters. The van der Waals surface area contributed by atoms with Crippen LogP contribution in [-0.2, 0) is 26.0 Å². The zero-order chi connectivity index (χ0) is 17.0. The summed E-state index contributed by atoms with van der Waals surface area (Å²) < 4.78 is 28.5. The van der Waals surface area contributed by atoms with Crippen molar-refractivity contribution in [1.82, 2.24) is 4.98 Å². The highest BCUT2D eigenvalue weighted by Gasteiger charge is 2.19. The zero-order valence-corrected chi connectivity index (χ0v) is 14.0. The Kier molecular flexibility index (Phi) is 5.12. The van der Waals surface area contributed by atoms with Crippen molar-refractivity contribution < 1.29 is 22.7 Å². The van der Waals surface area contributed by atoms with Crippen LogP contribution >= 0.6 is 11.3 Å². The lowest BCUT2D eigenvalue weighted by atomic mass is 10.2. The van der Waals surface area contributed by atoms with E-state index >= 15 is 0 Å². The predicted molar refractivity (Wildman–Crippen MR) is 85.1 cm³/mol. The van der Waals surface area contributed by atoms with E-state index in [1.54, 1.807) is 11.4 Å². The Bertz CT molecular complexity index is 842. The van der Waals surface area contributed by atoms with Crippen molar-refractivity contribution >= 4 is 38.2 Å². The number of nitrogens with zero attached hydrogens (tertiary/aromatic N) is 1. The summed E-state index contributed by atoms with van der Waals surface area (Å²) in [6, 6.07) is 5.84. The molecule has 0 aliphatic heterocycles. The fraction of sp³-hybridized carbons (Fsp3) is 0.214. The van der Waals surface area contributed by atoms with Gasteiger partial charge in [-0.2, -0.15) is 0 Å². The highest BCUT2D eigenvalue weighted by atomic mass is 32.2. The largest absolute Gasteiger partial charge is 0.456 e. The number of thiazole rings is 1. The molecule has 23 heavy (non-hydrogen) atoms. The molecule has 0 spiro atoms. The Morgan fingerprint density at radius 3 is 2.65 bits per heavy atom. The van der Waals surface area contributed by atoms with Gasteiger partial charge >= 0.3 is 5.97 Å². The van der Waals surface area contributed by atoms with Crippen LogP contribution in [0.25, 0.3) is 0 Å². The van der Waals surface area contributed by atoms with E-state index in [0.29, 0.717) is 10.8 Å². The molecular formula is C14H14N2O5S2. The maximum Gasteiger partial charge on any atom is 0.339 e. The molecule has 0 aliphatic carbocycles. The number of amides is 1. The van der Waals surface area contributed by atoms with Gasteiger partial charge in [0.2, 0.25) is 5.91 Å². The number of nitrogens with one attached hydrogen (secondary N) is 1. The smallest absolute Gasteiger partial charge is 0.339 e. The SMILES string of the molecule is CC(=O)Nc1nc(COC(=O)c2ccccc2S(C)(=O)=O)cs1. The van der Waals surface area contributed by atoms with Crippen LogP contribution in [0.1, 0.15) is 23.0 Å². The lowest BCUT2D eigenvalue weighted by Crippen LogP contribution is -2.11. The lowest BCUT2D eigenvalue weighted by Gasteiger charge is -2.07. The lowest BCUT2D eigenvalue weighted by molar-refractivity contribution is -0.114. The highest BCUT2D eigenvalue weighted by Crippen LogP contribution is 2.19. The van der Waals surface area contributed by atoms with E-state index in [4.69, 9.17) is 4.74 Å². The Balaban J connectivity index is 2.09. The van der Waals surface area contributed by atoms with Gasteiger partial charge in [0.1, 0.15) is 6.61 Å². The molecular weight excluding hydrogens is 340 g/mol. The fourth-order valence-electron chi connectivity index (χ4n) is 1.76. The van der Waals surface area contributed by atoms with E-state index in [1.165, 1.54) is 36.5 Å². The molecule has 0 saturated heterocycles. The number of anilines is 1. The van der Waals surface area contributed by atoms with Crippen LogP contribution in [0.5, 0.6) is 0 Å². The number of benzene rings is 1. The van der Waals surface area contributed by atoms with E-state index < -0.39 is 15.8 Å². The number of hydrogen-bond acceptors (Lipinski definition) is 7. The molecule has 0 bridgehead atoms. The third-order valence-corrected chi connectivity index (χ3v) is 4.65. The molecule has 2 rings (SSSR count). The van der Waals surface area contributed by atoms with Crippen LogP contribution in [0.3, 0.4) is 0 Å². The van der Waals surface area contributed by atoms with Crippen LogP contribution in [0.2, 0.25) is 0 Å². The molecule has 9 heteroatoms. The van der Waals surface area contributed by atoms with E-state index in [0.717, 1.165) is 6.26 Å². The fourth-order valence-corrected chi connectivity index (χ4v) is 3.37. The molecule has 122 valence electrons. The Morgan fingerprint density at radius 1 is 1.30 bits per heavy atom. The van der Waals surface area contributed by atoms with Gasteiger partial charge in [-0.15, -0.1) is 11.3 Å². The molecule has 7 nitrogen and oxygen atoms in total. The first-order valence-electron chi connectivity index (χ1n) is 6.45. The molecule has 0 saturated carbocycles. The molecule has 0 atom stereocenters. The zero-order valence-electron chi connectivity index (χ0n) is 12.4. The number of rotatable bonds is 5. The summed E-state index contributed by atoms with van der Waals surface area (Å²) >= 11 is 1.20. The van der Waals surface area contributed by atoms with E-state index in [2.05, 4.69) is 10.3 Å². The standard InChI is InChI=1S/C14H14N2O5S2/c1-9(17)15-14-16-10(8-22-14)7-21-13(18)11-5-3-4-6-12(11)23(2,19)20/h3-6,8H,7H2,1-2H3,(H,15,16,17). The van der Waals surface area contributed by atoms with Gasteiger partial charge in [0.25, 0.3) is 0 Å². The third-order valence-electron chi connectivity index (χ3n) is 2.69. The Hall–Kier alpha value is -2.26. The second-order valence-corrected chi connectivity index (χ2v) is 7.51. The Morgan fingerprint density at radius 2 is 2.00 bits per heavy atom. The van der Waals surface area contributed by atoms with Gasteiger partial charge in [-0.05, 0) is 12.1 Å². The minimum Gasteiger partial charge on any atom is -0.456 e. The number of carbonyl (C=O) groups is 2. The highest BCUT2D eigenvalue weighted by molar-refractivity contribution is 7.90. The molecule has 1 heterocycles. The summed E-state index contributed by atoms with van der Waals surface area (Å²) in [6.45, 7) is 1.25. The summed E-state index contributed by atoms with van der Waals surface area (Å²) in [4.78, 5) is 27.0. The second kappa shape index (κ2) is 6.88. The van der Waals surface area contributed by atoms with Crippen molar-refractivity contribution in [2.45, 2.75) is 18.4 Å². The minimum absolute atomic E-state index is 0.0210. The molecule has 0 fully saturated rings. The van der Waals surface area contributed by atoms with Crippen molar-refractivity contribution in [3.8, 4) is 0 Å². The van der Waals surface area contributed by atoms with Gasteiger partial charge < -0.3 is 10.1 Å². The first-order valence-corrected chi connectivity index (χ1v) is 9.22. The van der Waals surface area contributed by atoms with Crippen molar-refractivity contribution in [3.05, 3.63) is 40.9 Å². The first-order chi connectivity index (χ1) is 10.8. The van der Waals surface area contributed by atoms with Crippen molar-refractivity contribution in [2.24, 2.45) is 0 Å². The van der Waals surface area contributed by atoms with Gasteiger partial charge in [0, 0.05) is 18.6 Å². The maximum atomic E-state index is 12.1. The number of esters is 1.